The lowest BCUT2D eigenvalue weighted by molar-refractivity contribution is -0.112. The third-order valence-electron chi connectivity index (χ3n) is 3.28. The van der Waals surface area contributed by atoms with E-state index in [1.165, 1.54) is 20.4 Å². The number of nitriles is 1. The summed E-state index contributed by atoms with van der Waals surface area (Å²) in [4.78, 5) is 16.2. The zero-order valence-corrected chi connectivity index (χ0v) is 13.9. The lowest BCUT2D eigenvalue weighted by Gasteiger charge is -2.10. The van der Waals surface area contributed by atoms with Gasteiger partial charge in [0.05, 0.1) is 14.2 Å². The Balaban J connectivity index is 2.02. The summed E-state index contributed by atoms with van der Waals surface area (Å²) in [7, 11) is 3.03. The van der Waals surface area contributed by atoms with E-state index in [1.54, 1.807) is 30.6 Å². The summed E-state index contributed by atoms with van der Waals surface area (Å²) in [5.41, 5.74) is 1.39. The quantitative estimate of drug-likeness (QED) is 0.594. The van der Waals surface area contributed by atoms with Crippen molar-refractivity contribution in [2.45, 2.75) is 6.54 Å². The second kappa shape index (κ2) is 8.93. The van der Waals surface area contributed by atoms with E-state index in [1.807, 2.05) is 18.2 Å². The van der Waals surface area contributed by atoms with E-state index < -0.39 is 5.91 Å². The Morgan fingerprint density at radius 3 is 2.72 bits per heavy atom. The van der Waals surface area contributed by atoms with E-state index in [-0.39, 0.29) is 5.57 Å². The van der Waals surface area contributed by atoms with E-state index in [0.29, 0.717) is 23.7 Å². The van der Waals surface area contributed by atoms with E-state index in [0.717, 1.165) is 5.56 Å². The highest BCUT2D eigenvalue weighted by molar-refractivity contribution is 6.06. The van der Waals surface area contributed by atoms with Crippen LogP contribution in [0.25, 0.3) is 0 Å². The van der Waals surface area contributed by atoms with Crippen molar-refractivity contribution in [3.8, 4) is 17.6 Å². The van der Waals surface area contributed by atoms with Crippen molar-refractivity contribution in [2.75, 3.05) is 19.5 Å². The van der Waals surface area contributed by atoms with Crippen LogP contribution in [0.2, 0.25) is 0 Å². The molecule has 0 bridgehead atoms. The number of carbonyl (C=O) groups is 1. The second-order valence-electron chi connectivity index (χ2n) is 4.94. The Hall–Kier alpha value is -3.53. The van der Waals surface area contributed by atoms with Gasteiger partial charge in [-0.25, -0.2) is 0 Å². The molecule has 1 heterocycles. The second-order valence-corrected chi connectivity index (χ2v) is 4.94. The number of benzene rings is 1. The monoisotopic (exact) mass is 338 g/mol. The van der Waals surface area contributed by atoms with Crippen LogP contribution in [0.3, 0.4) is 0 Å². The number of aromatic nitrogens is 1. The number of ether oxygens (including phenoxy) is 2. The third-order valence-corrected chi connectivity index (χ3v) is 3.28. The summed E-state index contributed by atoms with van der Waals surface area (Å²) >= 11 is 0. The maximum absolute atomic E-state index is 12.2. The number of hydrogen-bond donors (Lipinski definition) is 2. The highest BCUT2D eigenvalue weighted by Crippen LogP contribution is 2.29. The predicted octanol–water partition coefficient (Wildman–Crippen LogP) is 2.23. The van der Waals surface area contributed by atoms with Crippen LogP contribution < -0.4 is 20.1 Å². The minimum Gasteiger partial charge on any atom is -0.493 e. The molecule has 0 spiro atoms. The van der Waals surface area contributed by atoms with Gasteiger partial charge in [-0.15, -0.1) is 0 Å². The van der Waals surface area contributed by atoms with E-state index in [2.05, 4.69) is 15.6 Å². The van der Waals surface area contributed by atoms with E-state index >= 15 is 0 Å². The molecular weight excluding hydrogens is 320 g/mol. The first-order valence-electron chi connectivity index (χ1n) is 7.44. The Labute approximate surface area is 145 Å². The highest BCUT2D eigenvalue weighted by Gasteiger charge is 2.11. The Kier molecular flexibility index (Phi) is 6.37. The normalized spacial score (nSPS) is 10.5. The molecule has 0 radical (unpaired) electrons. The van der Waals surface area contributed by atoms with Crippen molar-refractivity contribution in [2.24, 2.45) is 0 Å². The SMILES string of the molecule is COc1ccc(NC(=O)/C(C#N)=C\NCc2cccnc2)cc1OC. The first kappa shape index (κ1) is 17.8. The molecule has 0 saturated heterocycles. The fourth-order valence-electron chi connectivity index (χ4n) is 2.03. The molecule has 2 aromatic rings. The van der Waals surface area contributed by atoms with Crippen LogP contribution in [-0.4, -0.2) is 25.1 Å². The molecule has 0 aliphatic heterocycles. The number of anilines is 1. The highest BCUT2D eigenvalue weighted by atomic mass is 16.5. The number of carbonyl (C=O) groups excluding carboxylic acids is 1. The molecule has 1 amide bonds. The molecule has 1 aromatic carbocycles. The summed E-state index contributed by atoms with van der Waals surface area (Å²) in [6.07, 6.45) is 4.76. The van der Waals surface area contributed by atoms with Gasteiger partial charge in [0.15, 0.2) is 11.5 Å². The summed E-state index contributed by atoms with van der Waals surface area (Å²) in [5, 5.41) is 14.8. The maximum atomic E-state index is 12.2. The van der Waals surface area contributed by atoms with Gasteiger partial charge in [-0.1, -0.05) is 6.07 Å². The molecule has 2 rings (SSSR count). The molecule has 0 aliphatic rings. The molecule has 128 valence electrons. The van der Waals surface area contributed by atoms with Crippen LogP contribution in [0.5, 0.6) is 11.5 Å². The number of amides is 1. The number of pyridine rings is 1. The molecule has 7 heteroatoms. The van der Waals surface area contributed by atoms with Gasteiger partial charge in [0.2, 0.25) is 0 Å². The number of nitrogens with one attached hydrogen (secondary N) is 2. The first-order valence-corrected chi connectivity index (χ1v) is 7.44. The molecular formula is C18H18N4O3. The zero-order chi connectivity index (χ0) is 18.1. The largest absolute Gasteiger partial charge is 0.493 e. The van der Waals surface area contributed by atoms with Gasteiger partial charge in [0.25, 0.3) is 5.91 Å². The van der Waals surface area contributed by atoms with Gasteiger partial charge in [0.1, 0.15) is 11.6 Å². The topological polar surface area (TPSA) is 96.3 Å². The Bertz CT molecular complexity index is 798. The van der Waals surface area contributed by atoms with E-state index in [9.17, 15) is 10.1 Å². The average molecular weight is 338 g/mol. The molecule has 2 N–H and O–H groups in total. The molecule has 0 atom stereocenters. The Morgan fingerprint density at radius 2 is 2.08 bits per heavy atom. The first-order chi connectivity index (χ1) is 12.2. The number of rotatable bonds is 7. The summed E-state index contributed by atoms with van der Waals surface area (Å²) in [5.74, 6) is 0.514. The molecule has 0 unspecified atom stereocenters. The van der Waals surface area contributed by atoms with Crippen LogP contribution >= 0.6 is 0 Å². The van der Waals surface area contributed by atoms with Crippen molar-refractivity contribution >= 4 is 11.6 Å². The lowest BCUT2D eigenvalue weighted by Crippen LogP contribution is -2.16. The molecule has 25 heavy (non-hydrogen) atoms. The van der Waals surface area contributed by atoms with Gasteiger partial charge in [-0.2, -0.15) is 5.26 Å². The molecule has 1 aromatic heterocycles. The van der Waals surface area contributed by atoms with Crippen molar-refractivity contribution < 1.29 is 14.3 Å². The van der Waals surface area contributed by atoms with Gasteiger partial charge in [0, 0.05) is 36.9 Å². The zero-order valence-electron chi connectivity index (χ0n) is 13.9. The molecule has 0 saturated carbocycles. The minimum absolute atomic E-state index is 0.0429. The fourth-order valence-corrected chi connectivity index (χ4v) is 2.03. The van der Waals surface area contributed by atoms with Crippen molar-refractivity contribution in [3.05, 3.63) is 60.1 Å². The summed E-state index contributed by atoms with van der Waals surface area (Å²) in [6.45, 7) is 0.461. The van der Waals surface area contributed by atoms with Gasteiger partial charge < -0.3 is 20.1 Å². The fraction of sp³-hybridized carbons (Fsp3) is 0.167. The summed E-state index contributed by atoms with van der Waals surface area (Å²) < 4.78 is 10.3. The molecule has 0 aliphatic carbocycles. The van der Waals surface area contributed by atoms with Gasteiger partial charge in [-0.3, -0.25) is 9.78 Å². The van der Waals surface area contributed by atoms with Crippen LogP contribution in [0.1, 0.15) is 5.56 Å². The minimum atomic E-state index is -0.520. The van der Waals surface area contributed by atoms with Crippen molar-refractivity contribution in [3.63, 3.8) is 0 Å². The maximum Gasteiger partial charge on any atom is 0.267 e. The standard InChI is InChI=1S/C18H18N4O3/c1-24-16-6-5-15(8-17(16)25-2)22-18(23)14(9-19)12-21-11-13-4-3-7-20-10-13/h3-8,10,12,21H,11H2,1-2H3,(H,22,23)/b14-12-. The van der Waals surface area contributed by atoms with Gasteiger partial charge in [-0.05, 0) is 23.8 Å². The smallest absolute Gasteiger partial charge is 0.267 e. The van der Waals surface area contributed by atoms with Crippen LogP contribution in [0.15, 0.2) is 54.5 Å². The molecule has 0 fully saturated rings. The van der Waals surface area contributed by atoms with Crippen molar-refractivity contribution in [1.82, 2.24) is 10.3 Å². The van der Waals surface area contributed by atoms with Crippen molar-refractivity contribution in [1.29, 1.82) is 5.26 Å². The van der Waals surface area contributed by atoms with Crippen LogP contribution in [0.4, 0.5) is 5.69 Å². The number of nitrogens with zero attached hydrogens (tertiary/aromatic N) is 2. The van der Waals surface area contributed by atoms with E-state index in [4.69, 9.17) is 9.47 Å². The Morgan fingerprint density at radius 1 is 1.28 bits per heavy atom. The predicted molar refractivity (Wildman–Crippen MR) is 92.9 cm³/mol. The number of hydrogen-bond acceptors (Lipinski definition) is 6. The summed E-state index contributed by atoms with van der Waals surface area (Å²) in [6, 6.07) is 10.5. The third kappa shape index (κ3) is 4.97. The van der Waals surface area contributed by atoms with Gasteiger partial charge >= 0.3 is 0 Å². The number of methoxy groups -OCH3 is 2. The molecule has 7 nitrogen and oxygen atoms in total. The average Bonchev–Trinajstić information content (AvgIpc) is 2.65. The van der Waals surface area contributed by atoms with Crippen LogP contribution in [0, 0.1) is 11.3 Å². The lowest BCUT2D eigenvalue weighted by atomic mass is 10.2. The van der Waals surface area contributed by atoms with Crippen LogP contribution in [-0.2, 0) is 11.3 Å².